The van der Waals surface area contributed by atoms with Crippen LogP contribution in [-0.2, 0) is 8.85 Å². The summed E-state index contributed by atoms with van der Waals surface area (Å²) in [6.07, 6.45) is 4.86. The van der Waals surface area contributed by atoms with Crippen molar-refractivity contribution in [2.24, 2.45) is 0 Å². The number of halogens is 1. The van der Waals surface area contributed by atoms with Crippen LogP contribution < -0.4 is 0 Å². The lowest BCUT2D eigenvalue weighted by atomic mass is 10.00. The van der Waals surface area contributed by atoms with Crippen molar-refractivity contribution in [2.45, 2.75) is 36.6 Å². The molecule has 2 unspecified atom stereocenters. The van der Waals surface area contributed by atoms with Gasteiger partial charge >= 0.3 is 9.28 Å². The number of hydrogen-bond donors (Lipinski definition) is 0. The Morgan fingerprint density at radius 1 is 1.17 bits per heavy atom. The highest BCUT2D eigenvalue weighted by molar-refractivity contribution is 6.48. The average Bonchev–Trinajstić information content (AvgIpc) is 2.10. The average molecular weight is 209 g/mol. The van der Waals surface area contributed by atoms with Gasteiger partial charge in [-0.2, -0.15) is 0 Å². The molecule has 0 N–H and O–H groups in total. The molecule has 1 saturated carbocycles. The molecule has 1 aliphatic carbocycles. The van der Waals surface area contributed by atoms with Gasteiger partial charge in [0.1, 0.15) is 0 Å². The molecule has 0 aromatic heterocycles. The topological polar surface area (TPSA) is 18.5 Å². The lowest BCUT2D eigenvalue weighted by Gasteiger charge is -2.30. The van der Waals surface area contributed by atoms with Gasteiger partial charge < -0.3 is 8.85 Å². The van der Waals surface area contributed by atoms with Gasteiger partial charge in [0.05, 0.1) is 0 Å². The van der Waals surface area contributed by atoms with E-state index < -0.39 is 9.28 Å². The van der Waals surface area contributed by atoms with E-state index in [4.69, 9.17) is 20.5 Å². The molecule has 0 radical (unpaired) electrons. The highest BCUT2D eigenvalue weighted by atomic mass is 35.5. The van der Waals surface area contributed by atoms with Crippen LogP contribution >= 0.6 is 11.6 Å². The molecule has 72 valence electrons. The minimum atomic E-state index is -1.46. The van der Waals surface area contributed by atoms with Crippen LogP contribution in [0, 0.1) is 0 Å². The smallest absolute Gasteiger partial charge is 0.325 e. The minimum Gasteiger partial charge on any atom is -0.400 e. The zero-order chi connectivity index (χ0) is 8.97. The molecule has 2 atom stereocenters. The maximum Gasteiger partial charge on any atom is 0.325 e. The van der Waals surface area contributed by atoms with E-state index in [1.54, 1.807) is 14.2 Å². The van der Waals surface area contributed by atoms with Crippen LogP contribution in [0.5, 0.6) is 0 Å². The first-order valence-corrected chi connectivity index (χ1v) is 6.54. The van der Waals surface area contributed by atoms with Crippen molar-refractivity contribution < 1.29 is 8.85 Å². The largest absolute Gasteiger partial charge is 0.400 e. The summed E-state index contributed by atoms with van der Waals surface area (Å²) in [5, 5.41) is 0.287. The third-order valence-electron chi connectivity index (χ3n) is 2.55. The summed E-state index contributed by atoms with van der Waals surface area (Å²) >= 11 is 6.21. The second kappa shape index (κ2) is 5.22. The SMILES string of the molecule is CO[SiH](OC)C1CCCCC1Cl. The monoisotopic (exact) mass is 208 g/mol. The fourth-order valence-corrected chi connectivity index (χ4v) is 4.44. The van der Waals surface area contributed by atoms with E-state index in [-0.39, 0.29) is 5.38 Å². The summed E-state index contributed by atoms with van der Waals surface area (Å²) in [6, 6.07) is 0. The Kier molecular flexibility index (Phi) is 4.57. The summed E-state index contributed by atoms with van der Waals surface area (Å²) in [4.78, 5) is 0. The van der Waals surface area contributed by atoms with Gasteiger partial charge in [0.2, 0.25) is 0 Å². The van der Waals surface area contributed by atoms with Crippen molar-refractivity contribution >= 4 is 20.9 Å². The summed E-state index contributed by atoms with van der Waals surface area (Å²) in [6.45, 7) is 0. The molecular weight excluding hydrogens is 192 g/mol. The quantitative estimate of drug-likeness (QED) is 0.522. The first-order valence-electron chi connectivity index (χ1n) is 4.49. The van der Waals surface area contributed by atoms with Crippen LogP contribution in [-0.4, -0.2) is 28.9 Å². The molecule has 0 aromatic carbocycles. The molecule has 0 saturated heterocycles. The lowest BCUT2D eigenvalue weighted by Crippen LogP contribution is -2.33. The van der Waals surface area contributed by atoms with Crippen molar-refractivity contribution in [2.75, 3.05) is 14.2 Å². The lowest BCUT2D eigenvalue weighted by molar-refractivity contribution is 0.253. The van der Waals surface area contributed by atoms with Crippen LogP contribution in [0.2, 0.25) is 5.54 Å². The summed E-state index contributed by atoms with van der Waals surface area (Å²) in [7, 11) is 2.01. The molecule has 0 spiro atoms. The molecular formula is C8H17ClO2Si. The van der Waals surface area contributed by atoms with E-state index in [9.17, 15) is 0 Å². The molecule has 1 aliphatic rings. The van der Waals surface area contributed by atoms with Gasteiger partial charge in [-0.05, 0) is 12.8 Å². The molecule has 12 heavy (non-hydrogen) atoms. The van der Waals surface area contributed by atoms with E-state index in [1.165, 1.54) is 19.3 Å². The van der Waals surface area contributed by atoms with Gasteiger partial charge in [-0.25, -0.2) is 0 Å². The van der Waals surface area contributed by atoms with Gasteiger partial charge in [0, 0.05) is 25.1 Å². The molecule has 1 rings (SSSR count). The van der Waals surface area contributed by atoms with E-state index >= 15 is 0 Å². The maximum atomic E-state index is 6.21. The van der Waals surface area contributed by atoms with Gasteiger partial charge in [0.15, 0.2) is 0 Å². The van der Waals surface area contributed by atoms with Gasteiger partial charge in [0.25, 0.3) is 0 Å². The predicted octanol–water partition coefficient (Wildman–Crippen LogP) is 2.05. The molecule has 1 fully saturated rings. The molecule has 0 amide bonds. The van der Waals surface area contributed by atoms with E-state index in [1.807, 2.05) is 0 Å². The molecule has 0 aromatic rings. The van der Waals surface area contributed by atoms with Crippen molar-refractivity contribution in [1.82, 2.24) is 0 Å². The zero-order valence-corrected chi connectivity index (χ0v) is 9.67. The normalized spacial score (nSPS) is 31.0. The Morgan fingerprint density at radius 3 is 2.25 bits per heavy atom. The van der Waals surface area contributed by atoms with Crippen LogP contribution in [0.4, 0.5) is 0 Å². The first kappa shape index (κ1) is 10.5. The standard InChI is InChI=1S/C8H17ClO2Si/c1-10-12(11-2)8-6-4-3-5-7(8)9/h7-8,12H,3-6H2,1-2H3. The fourth-order valence-electron chi connectivity index (χ4n) is 1.87. The predicted molar refractivity (Wildman–Crippen MR) is 53.0 cm³/mol. The summed E-state index contributed by atoms with van der Waals surface area (Å²) < 4.78 is 10.7. The number of rotatable bonds is 3. The Bertz CT molecular complexity index is 130. The molecule has 4 heteroatoms. The second-order valence-electron chi connectivity index (χ2n) is 3.30. The van der Waals surface area contributed by atoms with E-state index in [2.05, 4.69) is 0 Å². The molecule has 0 heterocycles. The molecule has 0 bridgehead atoms. The third kappa shape index (κ3) is 2.46. The maximum absolute atomic E-state index is 6.21. The van der Waals surface area contributed by atoms with Crippen molar-refractivity contribution in [3.8, 4) is 0 Å². The van der Waals surface area contributed by atoms with Crippen LogP contribution in [0.15, 0.2) is 0 Å². The van der Waals surface area contributed by atoms with Crippen LogP contribution in [0.25, 0.3) is 0 Å². The number of alkyl halides is 1. The van der Waals surface area contributed by atoms with Crippen molar-refractivity contribution in [1.29, 1.82) is 0 Å². The Labute approximate surface area is 81.0 Å². The summed E-state index contributed by atoms with van der Waals surface area (Å²) in [5.41, 5.74) is 0.510. The van der Waals surface area contributed by atoms with Gasteiger partial charge in [-0.3, -0.25) is 0 Å². The van der Waals surface area contributed by atoms with Gasteiger partial charge in [-0.1, -0.05) is 12.8 Å². The van der Waals surface area contributed by atoms with E-state index in [0.717, 1.165) is 6.42 Å². The van der Waals surface area contributed by atoms with Crippen LogP contribution in [0.1, 0.15) is 25.7 Å². The molecule has 2 nitrogen and oxygen atoms in total. The van der Waals surface area contributed by atoms with Crippen molar-refractivity contribution in [3.05, 3.63) is 0 Å². The van der Waals surface area contributed by atoms with E-state index in [0.29, 0.717) is 5.54 Å². The Balaban J connectivity index is 2.45. The zero-order valence-electron chi connectivity index (χ0n) is 7.75. The Morgan fingerprint density at radius 2 is 1.75 bits per heavy atom. The van der Waals surface area contributed by atoms with Crippen LogP contribution in [0.3, 0.4) is 0 Å². The minimum absolute atomic E-state index is 0.287. The highest BCUT2D eigenvalue weighted by Crippen LogP contribution is 2.35. The first-order chi connectivity index (χ1) is 5.79. The summed E-state index contributed by atoms with van der Waals surface area (Å²) in [5.74, 6) is 0. The fraction of sp³-hybridized carbons (Fsp3) is 1.00. The third-order valence-corrected chi connectivity index (χ3v) is 5.76. The molecule has 0 aliphatic heterocycles. The van der Waals surface area contributed by atoms with Crippen molar-refractivity contribution in [3.63, 3.8) is 0 Å². The highest BCUT2D eigenvalue weighted by Gasteiger charge is 2.32. The van der Waals surface area contributed by atoms with Gasteiger partial charge in [-0.15, -0.1) is 11.6 Å². The Hall–Kier alpha value is 0.427. The second-order valence-corrected chi connectivity index (χ2v) is 6.40. The number of hydrogen-bond acceptors (Lipinski definition) is 2.